The van der Waals surface area contributed by atoms with Gasteiger partial charge in [0.25, 0.3) is 0 Å². The highest BCUT2D eigenvalue weighted by atomic mass is 16.5. The summed E-state index contributed by atoms with van der Waals surface area (Å²) in [6, 6.07) is 13.9. The van der Waals surface area contributed by atoms with Gasteiger partial charge in [-0.3, -0.25) is 4.79 Å². The van der Waals surface area contributed by atoms with Crippen LogP contribution in [-0.2, 0) is 12.8 Å². The average Bonchev–Trinajstić information content (AvgIpc) is 2.89. The second-order valence-electron chi connectivity index (χ2n) is 4.92. The van der Waals surface area contributed by atoms with Crippen molar-refractivity contribution in [2.45, 2.75) is 19.8 Å². The highest BCUT2D eigenvalue weighted by Gasteiger charge is 2.20. The third kappa shape index (κ3) is 2.26. The van der Waals surface area contributed by atoms with Gasteiger partial charge in [-0.15, -0.1) is 0 Å². The van der Waals surface area contributed by atoms with Crippen LogP contribution in [0.1, 0.15) is 27.0 Å². The normalized spacial score (nSPS) is 12.9. The fourth-order valence-corrected chi connectivity index (χ4v) is 2.51. The van der Waals surface area contributed by atoms with E-state index in [0.717, 1.165) is 34.4 Å². The van der Waals surface area contributed by atoms with E-state index in [1.165, 1.54) is 0 Å². The number of hydrogen-bond acceptors (Lipinski definition) is 2. The molecule has 1 aliphatic rings. The molecule has 0 N–H and O–H groups in total. The van der Waals surface area contributed by atoms with E-state index >= 15 is 0 Å². The van der Waals surface area contributed by atoms with Crippen molar-refractivity contribution in [2.75, 3.05) is 6.61 Å². The van der Waals surface area contributed by atoms with Crippen molar-refractivity contribution in [1.29, 1.82) is 0 Å². The molecule has 0 bridgehead atoms. The van der Waals surface area contributed by atoms with Gasteiger partial charge in [-0.1, -0.05) is 36.4 Å². The van der Waals surface area contributed by atoms with E-state index in [2.05, 4.69) is 0 Å². The Morgan fingerprint density at radius 3 is 2.84 bits per heavy atom. The molecule has 2 nitrogen and oxygen atoms in total. The number of hydrogen-bond donors (Lipinski definition) is 0. The van der Waals surface area contributed by atoms with Crippen LogP contribution >= 0.6 is 0 Å². The van der Waals surface area contributed by atoms with Crippen molar-refractivity contribution in [3.63, 3.8) is 0 Å². The summed E-state index contributed by atoms with van der Waals surface area (Å²) in [7, 11) is 0. The molecule has 1 heterocycles. The third-order valence-electron chi connectivity index (χ3n) is 3.63. The van der Waals surface area contributed by atoms with E-state index in [4.69, 9.17) is 4.74 Å². The number of carbonyl (C=O) groups excluding carboxylic acids is 1. The van der Waals surface area contributed by atoms with Gasteiger partial charge in [0.05, 0.1) is 12.2 Å². The molecule has 0 saturated carbocycles. The summed E-state index contributed by atoms with van der Waals surface area (Å²) >= 11 is 0. The van der Waals surface area contributed by atoms with Crippen LogP contribution in [-0.4, -0.2) is 12.4 Å². The highest BCUT2D eigenvalue weighted by Crippen LogP contribution is 2.30. The molecule has 0 fully saturated rings. The second kappa shape index (κ2) is 4.88. The van der Waals surface area contributed by atoms with Crippen molar-refractivity contribution in [3.05, 3.63) is 64.7 Å². The highest BCUT2D eigenvalue weighted by molar-refractivity contribution is 6.00. The van der Waals surface area contributed by atoms with Gasteiger partial charge in [-0.05, 0) is 29.7 Å². The van der Waals surface area contributed by atoms with Crippen molar-refractivity contribution in [2.24, 2.45) is 0 Å². The molecular weight excluding hydrogens is 236 g/mol. The number of fused-ring (bicyclic) bond motifs is 1. The molecule has 2 heteroatoms. The molecule has 0 radical (unpaired) electrons. The monoisotopic (exact) mass is 252 g/mol. The molecule has 0 unspecified atom stereocenters. The zero-order chi connectivity index (χ0) is 13.2. The van der Waals surface area contributed by atoms with Crippen LogP contribution in [0, 0.1) is 6.92 Å². The van der Waals surface area contributed by atoms with Gasteiger partial charge >= 0.3 is 0 Å². The van der Waals surface area contributed by atoms with Crippen LogP contribution in [0.25, 0.3) is 0 Å². The number of rotatable bonds is 3. The second-order valence-corrected chi connectivity index (χ2v) is 4.92. The minimum Gasteiger partial charge on any atom is -0.492 e. The number of Topliss-reactive ketones (excluding diaryl/α,β-unsaturated/α-hetero) is 1. The first-order valence-electron chi connectivity index (χ1n) is 6.58. The number of ether oxygens (including phenoxy) is 1. The Bertz CT molecular complexity index is 629. The predicted octanol–water partition coefficient (Wildman–Crippen LogP) is 3.36. The summed E-state index contributed by atoms with van der Waals surface area (Å²) in [5.41, 5.74) is 4.11. The lowest BCUT2D eigenvalue weighted by Gasteiger charge is -2.08. The first-order valence-corrected chi connectivity index (χ1v) is 6.58. The SMILES string of the molecule is Cc1ccccc1CC(=O)c1cccc2c1OCC2. The van der Waals surface area contributed by atoms with Crippen molar-refractivity contribution in [1.82, 2.24) is 0 Å². The molecule has 0 amide bonds. The van der Waals surface area contributed by atoms with Gasteiger partial charge in [-0.2, -0.15) is 0 Å². The third-order valence-corrected chi connectivity index (χ3v) is 3.63. The molecule has 0 atom stereocenters. The molecule has 0 saturated heterocycles. The number of carbonyl (C=O) groups is 1. The number of aryl methyl sites for hydroxylation is 1. The Morgan fingerprint density at radius 1 is 1.16 bits per heavy atom. The van der Waals surface area contributed by atoms with E-state index in [9.17, 15) is 4.79 Å². The minimum absolute atomic E-state index is 0.132. The quantitative estimate of drug-likeness (QED) is 0.783. The molecule has 0 spiro atoms. The smallest absolute Gasteiger partial charge is 0.170 e. The van der Waals surface area contributed by atoms with Gasteiger partial charge in [0.2, 0.25) is 0 Å². The molecule has 0 aromatic heterocycles. The number of para-hydroxylation sites is 1. The molecule has 96 valence electrons. The average molecular weight is 252 g/mol. The maximum absolute atomic E-state index is 12.4. The van der Waals surface area contributed by atoms with Crippen molar-refractivity contribution in [3.8, 4) is 5.75 Å². The van der Waals surface area contributed by atoms with E-state index < -0.39 is 0 Å². The summed E-state index contributed by atoms with van der Waals surface area (Å²) in [4.78, 5) is 12.4. The topological polar surface area (TPSA) is 26.3 Å². The Labute approximate surface area is 113 Å². The van der Waals surface area contributed by atoms with Crippen LogP contribution < -0.4 is 4.74 Å². The van der Waals surface area contributed by atoms with E-state index in [1.54, 1.807) is 0 Å². The first-order chi connectivity index (χ1) is 9.25. The molecule has 1 aliphatic heterocycles. The lowest BCUT2D eigenvalue weighted by Crippen LogP contribution is -2.06. The summed E-state index contributed by atoms with van der Waals surface area (Å²) in [5, 5.41) is 0. The molecule has 2 aromatic rings. The lowest BCUT2D eigenvalue weighted by molar-refractivity contribution is 0.0989. The van der Waals surface area contributed by atoms with Gasteiger partial charge in [0.15, 0.2) is 5.78 Å². The predicted molar refractivity (Wildman–Crippen MR) is 74.9 cm³/mol. The maximum Gasteiger partial charge on any atom is 0.170 e. The maximum atomic E-state index is 12.4. The summed E-state index contributed by atoms with van der Waals surface area (Å²) in [5.74, 6) is 0.925. The van der Waals surface area contributed by atoms with Crippen LogP contribution in [0.15, 0.2) is 42.5 Å². The lowest BCUT2D eigenvalue weighted by atomic mass is 9.97. The molecule has 2 aromatic carbocycles. The van der Waals surface area contributed by atoms with Crippen LogP contribution in [0.5, 0.6) is 5.75 Å². The number of ketones is 1. The van der Waals surface area contributed by atoms with Gasteiger partial charge in [0.1, 0.15) is 5.75 Å². The summed E-state index contributed by atoms with van der Waals surface area (Å²) in [6.07, 6.45) is 1.34. The first kappa shape index (κ1) is 12.0. The Balaban J connectivity index is 1.90. The fourth-order valence-electron chi connectivity index (χ4n) is 2.51. The Hall–Kier alpha value is -2.09. The fraction of sp³-hybridized carbons (Fsp3) is 0.235. The Kier molecular flexibility index (Phi) is 3.08. The van der Waals surface area contributed by atoms with E-state index in [1.807, 2.05) is 49.4 Å². The van der Waals surface area contributed by atoms with Gasteiger partial charge in [0, 0.05) is 12.8 Å². The molecule has 0 aliphatic carbocycles. The minimum atomic E-state index is 0.132. The van der Waals surface area contributed by atoms with E-state index in [0.29, 0.717) is 13.0 Å². The van der Waals surface area contributed by atoms with E-state index in [-0.39, 0.29) is 5.78 Å². The number of benzene rings is 2. The zero-order valence-corrected chi connectivity index (χ0v) is 11.0. The Morgan fingerprint density at radius 2 is 2.00 bits per heavy atom. The molecule has 19 heavy (non-hydrogen) atoms. The van der Waals surface area contributed by atoms with Gasteiger partial charge in [-0.25, -0.2) is 0 Å². The summed E-state index contributed by atoms with van der Waals surface area (Å²) in [6.45, 7) is 2.72. The van der Waals surface area contributed by atoms with Gasteiger partial charge < -0.3 is 4.74 Å². The standard InChI is InChI=1S/C17H16O2/c1-12-5-2-3-6-14(12)11-16(18)15-8-4-7-13-9-10-19-17(13)15/h2-8H,9-11H2,1H3. The van der Waals surface area contributed by atoms with Crippen LogP contribution in [0.2, 0.25) is 0 Å². The zero-order valence-electron chi connectivity index (χ0n) is 11.0. The molecular formula is C17H16O2. The van der Waals surface area contributed by atoms with Crippen LogP contribution in [0.3, 0.4) is 0 Å². The van der Waals surface area contributed by atoms with Crippen molar-refractivity contribution >= 4 is 5.78 Å². The van der Waals surface area contributed by atoms with Crippen LogP contribution in [0.4, 0.5) is 0 Å². The van der Waals surface area contributed by atoms with Crippen molar-refractivity contribution < 1.29 is 9.53 Å². The largest absolute Gasteiger partial charge is 0.492 e. The summed E-state index contributed by atoms with van der Waals surface area (Å²) < 4.78 is 5.60. The molecule has 3 rings (SSSR count).